The minimum atomic E-state index is -0.425. The number of phenolic OH excluding ortho intramolecular Hbond substituents is 1. The number of carbonyl (C=O) groups excluding carboxylic acids is 1. The van der Waals surface area contributed by atoms with Gasteiger partial charge in [-0.2, -0.15) is 0 Å². The van der Waals surface area contributed by atoms with E-state index in [4.69, 9.17) is 4.74 Å². The first kappa shape index (κ1) is 14.1. The Kier molecular flexibility index (Phi) is 2.89. The van der Waals surface area contributed by atoms with E-state index < -0.39 is 5.97 Å². The van der Waals surface area contributed by atoms with E-state index in [1.54, 1.807) is 6.92 Å². The van der Waals surface area contributed by atoms with Gasteiger partial charge in [-0.1, -0.05) is 36.4 Å². The van der Waals surface area contributed by atoms with Gasteiger partial charge in [-0.05, 0) is 26.3 Å². The normalized spacial score (nSPS) is 20.8. The Bertz CT molecular complexity index is 905. The average Bonchev–Trinajstić information content (AvgIpc) is 3.12. The van der Waals surface area contributed by atoms with Gasteiger partial charge in [0.2, 0.25) is 0 Å². The maximum absolute atomic E-state index is 12.1. The van der Waals surface area contributed by atoms with Crippen molar-refractivity contribution in [3.8, 4) is 11.5 Å². The third-order valence-corrected chi connectivity index (χ3v) is 4.83. The molecule has 0 saturated heterocycles. The molecule has 0 aliphatic heterocycles. The second-order valence-corrected chi connectivity index (χ2v) is 6.56. The fraction of sp³-hybridized carbons (Fsp3) is 0.250. The van der Waals surface area contributed by atoms with Gasteiger partial charge in [0.25, 0.3) is 0 Å². The van der Waals surface area contributed by atoms with Crippen LogP contribution in [0.25, 0.3) is 10.8 Å². The van der Waals surface area contributed by atoms with Gasteiger partial charge >= 0.3 is 5.97 Å². The van der Waals surface area contributed by atoms with Crippen molar-refractivity contribution in [3.63, 3.8) is 0 Å². The second-order valence-electron chi connectivity index (χ2n) is 6.56. The number of fused-ring (bicyclic) bond motifs is 6. The van der Waals surface area contributed by atoms with Gasteiger partial charge in [0.15, 0.2) is 0 Å². The summed E-state index contributed by atoms with van der Waals surface area (Å²) in [7, 11) is 0. The van der Waals surface area contributed by atoms with Crippen molar-refractivity contribution >= 4 is 16.7 Å². The third-order valence-electron chi connectivity index (χ3n) is 4.83. The molecule has 3 heteroatoms. The number of hydrogen-bond donors (Lipinski definition) is 1. The molecule has 2 aromatic rings. The Morgan fingerprint density at radius 2 is 1.91 bits per heavy atom. The number of aromatic hydroxyl groups is 1. The molecule has 0 saturated carbocycles. The molecule has 2 aliphatic rings. The van der Waals surface area contributed by atoms with E-state index in [0.717, 1.165) is 33.9 Å². The van der Waals surface area contributed by atoms with Crippen LogP contribution in [0.5, 0.6) is 11.5 Å². The number of hydrogen-bond acceptors (Lipinski definition) is 3. The van der Waals surface area contributed by atoms with E-state index in [1.165, 1.54) is 0 Å². The molecule has 0 radical (unpaired) electrons. The molecule has 0 amide bonds. The van der Waals surface area contributed by atoms with Crippen LogP contribution in [0.4, 0.5) is 0 Å². The highest BCUT2D eigenvalue weighted by atomic mass is 16.5. The van der Waals surface area contributed by atoms with Crippen LogP contribution in [-0.4, -0.2) is 11.1 Å². The summed E-state index contributed by atoms with van der Waals surface area (Å²) in [5.41, 5.74) is 3.30. The monoisotopic (exact) mass is 306 g/mol. The molecule has 0 aromatic heterocycles. The van der Waals surface area contributed by atoms with E-state index in [2.05, 4.69) is 18.7 Å². The van der Waals surface area contributed by atoms with Crippen LogP contribution >= 0.6 is 0 Å². The first-order valence-corrected chi connectivity index (χ1v) is 7.82. The SMILES string of the molecule is C=C(C)C(=O)Oc1c2c(c(O)c3cc(C)ccc13)C1C=CC2C1. The van der Waals surface area contributed by atoms with E-state index in [9.17, 15) is 9.90 Å². The lowest BCUT2D eigenvalue weighted by Gasteiger charge is -2.20. The van der Waals surface area contributed by atoms with Crippen LogP contribution in [0.1, 0.15) is 41.9 Å². The molecule has 0 heterocycles. The van der Waals surface area contributed by atoms with Crippen molar-refractivity contribution < 1.29 is 14.6 Å². The maximum Gasteiger partial charge on any atom is 0.338 e. The molecule has 4 rings (SSSR count). The van der Waals surface area contributed by atoms with E-state index >= 15 is 0 Å². The second kappa shape index (κ2) is 4.72. The summed E-state index contributed by atoms with van der Waals surface area (Å²) in [5.74, 6) is 0.900. The van der Waals surface area contributed by atoms with Crippen molar-refractivity contribution in [2.24, 2.45) is 0 Å². The molecule has 0 spiro atoms. The highest BCUT2D eigenvalue weighted by Crippen LogP contribution is 2.57. The number of ether oxygens (including phenoxy) is 1. The number of carbonyl (C=O) groups is 1. The number of allylic oxidation sites excluding steroid dienone is 2. The summed E-state index contributed by atoms with van der Waals surface area (Å²) in [5, 5.41) is 12.3. The topological polar surface area (TPSA) is 46.5 Å². The van der Waals surface area contributed by atoms with Crippen LogP contribution < -0.4 is 4.74 Å². The summed E-state index contributed by atoms with van der Waals surface area (Å²) in [6.07, 6.45) is 5.22. The smallest absolute Gasteiger partial charge is 0.338 e. The van der Waals surface area contributed by atoms with Gasteiger partial charge in [-0.15, -0.1) is 0 Å². The lowest BCUT2D eigenvalue weighted by molar-refractivity contribution is -0.130. The van der Waals surface area contributed by atoms with E-state index in [0.29, 0.717) is 17.1 Å². The summed E-state index contributed by atoms with van der Waals surface area (Å²) in [6, 6.07) is 5.83. The van der Waals surface area contributed by atoms with E-state index in [-0.39, 0.29) is 11.8 Å². The summed E-state index contributed by atoms with van der Waals surface area (Å²) < 4.78 is 5.70. The molecule has 2 unspecified atom stereocenters. The molecule has 2 aliphatic carbocycles. The van der Waals surface area contributed by atoms with Crippen LogP contribution in [0.15, 0.2) is 42.5 Å². The minimum Gasteiger partial charge on any atom is -0.507 e. The molecule has 2 aromatic carbocycles. The number of esters is 1. The van der Waals surface area contributed by atoms with E-state index in [1.807, 2.05) is 25.1 Å². The Morgan fingerprint density at radius 3 is 2.61 bits per heavy atom. The first-order chi connectivity index (χ1) is 11.0. The molecule has 0 fully saturated rings. The first-order valence-electron chi connectivity index (χ1n) is 7.82. The molecular weight excluding hydrogens is 288 g/mol. The third kappa shape index (κ3) is 1.93. The van der Waals surface area contributed by atoms with Crippen LogP contribution in [0, 0.1) is 6.92 Å². The van der Waals surface area contributed by atoms with Gasteiger partial charge < -0.3 is 9.84 Å². The predicted molar refractivity (Wildman–Crippen MR) is 90.0 cm³/mol. The Morgan fingerprint density at radius 1 is 1.22 bits per heavy atom. The van der Waals surface area contributed by atoms with Gasteiger partial charge in [-0.25, -0.2) is 4.79 Å². The Labute approximate surface area is 134 Å². The number of benzene rings is 2. The lowest BCUT2D eigenvalue weighted by atomic mass is 9.90. The zero-order valence-electron chi connectivity index (χ0n) is 13.2. The average molecular weight is 306 g/mol. The van der Waals surface area contributed by atoms with Crippen LogP contribution in [0.2, 0.25) is 0 Å². The number of rotatable bonds is 2. The highest BCUT2D eigenvalue weighted by molar-refractivity contribution is 6.00. The molecule has 2 atom stereocenters. The maximum atomic E-state index is 12.1. The summed E-state index contributed by atoms with van der Waals surface area (Å²) in [4.78, 5) is 12.1. The van der Waals surface area contributed by atoms with Gasteiger partial charge in [0.05, 0.1) is 0 Å². The Balaban J connectivity index is 2.04. The van der Waals surface area contributed by atoms with Crippen molar-refractivity contribution in [2.45, 2.75) is 32.1 Å². The molecule has 1 N–H and O–H groups in total. The fourth-order valence-corrected chi connectivity index (χ4v) is 3.75. The molecule has 116 valence electrons. The largest absolute Gasteiger partial charge is 0.507 e. The van der Waals surface area contributed by atoms with Crippen molar-refractivity contribution in [3.05, 3.63) is 59.2 Å². The quantitative estimate of drug-likeness (QED) is 0.385. The minimum absolute atomic E-state index is 0.208. The zero-order valence-corrected chi connectivity index (χ0v) is 13.2. The molecule has 3 nitrogen and oxygen atoms in total. The van der Waals surface area contributed by atoms with Crippen molar-refractivity contribution in [1.29, 1.82) is 0 Å². The van der Waals surface area contributed by atoms with Crippen LogP contribution in [0.3, 0.4) is 0 Å². The lowest BCUT2D eigenvalue weighted by Crippen LogP contribution is -2.11. The summed E-state index contributed by atoms with van der Waals surface area (Å²) >= 11 is 0. The van der Waals surface area contributed by atoms with Gasteiger partial charge in [-0.3, -0.25) is 0 Å². The van der Waals surface area contributed by atoms with Gasteiger partial charge in [0, 0.05) is 39.3 Å². The predicted octanol–water partition coefficient (Wildman–Crippen LogP) is 4.48. The number of aryl methyl sites for hydroxylation is 1. The standard InChI is InChI=1S/C20H18O3/c1-10(2)20(22)23-19-14-7-4-11(3)8-15(14)18(21)16-12-5-6-13(9-12)17(16)19/h4-8,12-13,21H,1,9H2,2-3H3. The summed E-state index contributed by atoms with van der Waals surface area (Å²) in [6.45, 7) is 7.29. The van der Waals surface area contributed by atoms with Crippen LogP contribution in [-0.2, 0) is 4.79 Å². The highest BCUT2D eigenvalue weighted by Gasteiger charge is 2.39. The number of phenols is 1. The van der Waals surface area contributed by atoms with Crippen molar-refractivity contribution in [2.75, 3.05) is 0 Å². The molecule has 23 heavy (non-hydrogen) atoms. The molecule has 2 bridgehead atoms. The van der Waals surface area contributed by atoms with Gasteiger partial charge in [0.1, 0.15) is 11.5 Å². The zero-order chi connectivity index (χ0) is 16.3. The van der Waals surface area contributed by atoms with Crippen molar-refractivity contribution in [1.82, 2.24) is 0 Å². The fourth-order valence-electron chi connectivity index (χ4n) is 3.75. The molecular formula is C20H18O3. The Hall–Kier alpha value is -2.55.